The average molecular weight is 317 g/mol. The minimum atomic E-state index is -0.173. The Labute approximate surface area is 136 Å². The van der Waals surface area contributed by atoms with Crippen LogP contribution >= 0.6 is 0 Å². The fraction of sp³-hybridized carbons (Fsp3) is 0.500. The molecule has 1 N–H and O–H groups in total. The van der Waals surface area contributed by atoms with Crippen LogP contribution < -0.4 is 5.32 Å². The van der Waals surface area contributed by atoms with Crippen LogP contribution in [0.4, 0.5) is 0 Å². The zero-order valence-corrected chi connectivity index (χ0v) is 14.0. The second-order valence-electron chi connectivity index (χ2n) is 5.84. The van der Waals surface area contributed by atoms with Crippen molar-refractivity contribution in [1.82, 2.24) is 25.5 Å². The maximum atomic E-state index is 11.9. The molecule has 1 aromatic heterocycles. The molecule has 0 spiro atoms. The summed E-state index contributed by atoms with van der Waals surface area (Å²) in [5.41, 5.74) is 2.14. The Balaban J connectivity index is 1.98. The molecule has 0 saturated heterocycles. The number of hydrogen-bond donors (Lipinski definition) is 1. The highest BCUT2D eigenvalue weighted by atomic mass is 16.5. The molecule has 1 aromatic carbocycles. The fourth-order valence-electron chi connectivity index (χ4n) is 2.18. The van der Waals surface area contributed by atoms with Crippen molar-refractivity contribution in [3.63, 3.8) is 0 Å². The molecular formula is C16H23N5O2. The fourth-order valence-corrected chi connectivity index (χ4v) is 2.18. The van der Waals surface area contributed by atoms with Gasteiger partial charge < -0.3 is 10.1 Å². The van der Waals surface area contributed by atoms with Crippen molar-refractivity contribution in [1.29, 1.82) is 0 Å². The van der Waals surface area contributed by atoms with Crippen molar-refractivity contribution in [3.8, 4) is 11.4 Å². The Morgan fingerprint density at radius 3 is 2.57 bits per heavy atom. The van der Waals surface area contributed by atoms with E-state index >= 15 is 0 Å². The van der Waals surface area contributed by atoms with E-state index in [4.69, 9.17) is 4.74 Å². The van der Waals surface area contributed by atoms with E-state index < -0.39 is 0 Å². The van der Waals surface area contributed by atoms with Crippen LogP contribution in [0.5, 0.6) is 0 Å². The van der Waals surface area contributed by atoms with Gasteiger partial charge in [0.1, 0.15) is 6.54 Å². The third-order valence-electron chi connectivity index (χ3n) is 3.40. The molecule has 124 valence electrons. The molecule has 0 aliphatic heterocycles. The zero-order valence-electron chi connectivity index (χ0n) is 14.0. The van der Waals surface area contributed by atoms with E-state index in [0.717, 1.165) is 5.56 Å². The lowest BCUT2D eigenvalue weighted by Crippen LogP contribution is -2.38. The van der Waals surface area contributed by atoms with Crippen LogP contribution in [0.25, 0.3) is 11.4 Å². The molecule has 0 unspecified atom stereocenters. The number of rotatable bonds is 7. The number of benzene rings is 1. The van der Waals surface area contributed by atoms with Crippen molar-refractivity contribution >= 4 is 5.91 Å². The second kappa shape index (κ2) is 7.82. The number of carbonyl (C=O) groups excluding carboxylic acids is 1. The van der Waals surface area contributed by atoms with Gasteiger partial charge in [0.05, 0.1) is 6.61 Å². The van der Waals surface area contributed by atoms with Gasteiger partial charge in [-0.15, -0.1) is 10.2 Å². The first kappa shape index (κ1) is 17.1. The van der Waals surface area contributed by atoms with Crippen molar-refractivity contribution < 1.29 is 9.53 Å². The summed E-state index contributed by atoms with van der Waals surface area (Å²) in [6, 6.07) is 7.99. The Morgan fingerprint density at radius 2 is 1.96 bits per heavy atom. The molecule has 0 aliphatic rings. The number of tetrazole rings is 1. The van der Waals surface area contributed by atoms with Crippen LogP contribution in [0.1, 0.15) is 32.3 Å². The number of ether oxygens (including phenoxy) is 1. The van der Waals surface area contributed by atoms with Crippen molar-refractivity contribution in [2.45, 2.75) is 39.3 Å². The van der Waals surface area contributed by atoms with Crippen LogP contribution in [0.2, 0.25) is 0 Å². The van der Waals surface area contributed by atoms with Gasteiger partial charge in [0, 0.05) is 18.7 Å². The van der Waals surface area contributed by atoms with Gasteiger partial charge in [-0.2, -0.15) is 4.80 Å². The molecule has 1 atom stereocenters. The number of nitrogens with one attached hydrogen (secondary N) is 1. The van der Waals surface area contributed by atoms with Crippen molar-refractivity contribution in [2.24, 2.45) is 0 Å². The molecule has 23 heavy (non-hydrogen) atoms. The molecule has 1 heterocycles. The normalized spacial score (nSPS) is 12.4. The summed E-state index contributed by atoms with van der Waals surface area (Å²) in [6.45, 7) is 6.66. The highest BCUT2D eigenvalue weighted by molar-refractivity contribution is 5.75. The SMILES string of the molecule is COC[C@H](C)NC(=O)Cn1nnc(-c2ccc(C(C)C)cc2)n1. The Morgan fingerprint density at radius 1 is 1.26 bits per heavy atom. The summed E-state index contributed by atoms with van der Waals surface area (Å²) < 4.78 is 4.98. The molecular weight excluding hydrogens is 294 g/mol. The second-order valence-corrected chi connectivity index (χ2v) is 5.84. The van der Waals surface area contributed by atoms with Crippen molar-refractivity contribution in [2.75, 3.05) is 13.7 Å². The number of amides is 1. The average Bonchev–Trinajstić information content (AvgIpc) is 2.95. The summed E-state index contributed by atoms with van der Waals surface area (Å²) in [7, 11) is 1.60. The predicted molar refractivity (Wildman–Crippen MR) is 86.8 cm³/mol. The number of hydrogen-bond acceptors (Lipinski definition) is 5. The first-order valence-electron chi connectivity index (χ1n) is 7.66. The monoisotopic (exact) mass is 317 g/mol. The molecule has 7 heteroatoms. The maximum Gasteiger partial charge on any atom is 0.243 e. The molecule has 7 nitrogen and oxygen atoms in total. The van der Waals surface area contributed by atoms with E-state index in [0.29, 0.717) is 18.3 Å². The highest BCUT2D eigenvalue weighted by Gasteiger charge is 2.11. The largest absolute Gasteiger partial charge is 0.383 e. The van der Waals surface area contributed by atoms with Gasteiger partial charge in [-0.1, -0.05) is 38.1 Å². The van der Waals surface area contributed by atoms with Gasteiger partial charge in [0.15, 0.2) is 0 Å². The Hall–Kier alpha value is -2.28. The van der Waals surface area contributed by atoms with Gasteiger partial charge in [-0.3, -0.25) is 4.79 Å². The summed E-state index contributed by atoms with van der Waals surface area (Å²) >= 11 is 0. The number of aromatic nitrogens is 4. The lowest BCUT2D eigenvalue weighted by atomic mass is 10.0. The van der Waals surface area contributed by atoms with Gasteiger partial charge in [0.2, 0.25) is 11.7 Å². The van der Waals surface area contributed by atoms with E-state index in [9.17, 15) is 4.79 Å². The first-order chi connectivity index (χ1) is 11.0. The summed E-state index contributed by atoms with van der Waals surface area (Å²) in [5.74, 6) is 0.817. The lowest BCUT2D eigenvalue weighted by Gasteiger charge is -2.11. The zero-order chi connectivity index (χ0) is 16.8. The number of nitrogens with zero attached hydrogens (tertiary/aromatic N) is 4. The van der Waals surface area contributed by atoms with E-state index in [1.807, 2.05) is 19.1 Å². The van der Waals surface area contributed by atoms with E-state index in [1.165, 1.54) is 10.4 Å². The topological polar surface area (TPSA) is 81.9 Å². The highest BCUT2D eigenvalue weighted by Crippen LogP contribution is 2.19. The van der Waals surface area contributed by atoms with Gasteiger partial charge in [0.25, 0.3) is 0 Å². The van der Waals surface area contributed by atoms with Gasteiger partial charge in [-0.05, 0) is 23.6 Å². The molecule has 0 saturated carbocycles. The van der Waals surface area contributed by atoms with Crippen LogP contribution in [0.15, 0.2) is 24.3 Å². The standard InChI is InChI=1S/C16H23N5O2/c1-11(2)13-5-7-14(8-6-13)16-18-20-21(19-16)9-15(22)17-12(3)10-23-4/h5-8,11-12H,9-10H2,1-4H3,(H,17,22)/t12-/m0/s1. The minimum Gasteiger partial charge on any atom is -0.383 e. The van der Waals surface area contributed by atoms with E-state index in [2.05, 4.69) is 46.7 Å². The van der Waals surface area contributed by atoms with Crippen LogP contribution in [-0.4, -0.2) is 45.9 Å². The number of carbonyl (C=O) groups is 1. The van der Waals surface area contributed by atoms with E-state index in [1.54, 1.807) is 7.11 Å². The molecule has 0 aliphatic carbocycles. The van der Waals surface area contributed by atoms with Gasteiger partial charge >= 0.3 is 0 Å². The first-order valence-corrected chi connectivity index (χ1v) is 7.66. The molecule has 0 fully saturated rings. The van der Waals surface area contributed by atoms with Gasteiger partial charge in [-0.25, -0.2) is 0 Å². The lowest BCUT2D eigenvalue weighted by molar-refractivity contribution is -0.123. The third kappa shape index (κ3) is 4.85. The van der Waals surface area contributed by atoms with Crippen LogP contribution in [0, 0.1) is 0 Å². The smallest absolute Gasteiger partial charge is 0.243 e. The Bertz CT molecular complexity index is 636. The molecule has 1 amide bonds. The van der Waals surface area contributed by atoms with E-state index in [-0.39, 0.29) is 18.5 Å². The van der Waals surface area contributed by atoms with Crippen molar-refractivity contribution in [3.05, 3.63) is 29.8 Å². The third-order valence-corrected chi connectivity index (χ3v) is 3.40. The minimum absolute atomic E-state index is 0.0329. The molecule has 0 bridgehead atoms. The summed E-state index contributed by atoms with van der Waals surface area (Å²) in [4.78, 5) is 13.2. The molecule has 2 rings (SSSR count). The maximum absolute atomic E-state index is 11.9. The predicted octanol–water partition coefficient (Wildman–Crippen LogP) is 1.61. The molecule has 0 radical (unpaired) electrons. The quantitative estimate of drug-likeness (QED) is 0.839. The Kier molecular flexibility index (Phi) is 5.81. The summed E-state index contributed by atoms with van der Waals surface area (Å²) in [6.07, 6.45) is 0. The number of methoxy groups -OCH3 is 1. The summed E-state index contributed by atoms with van der Waals surface area (Å²) in [5, 5.41) is 15.0. The van der Waals surface area contributed by atoms with Crippen LogP contribution in [-0.2, 0) is 16.1 Å². The molecule has 2 aromatic rings. The van der Waals surface area contributed by atoms with Crippen LogP contribution in [0.3, 0.4) is 0 Å².